The molecule has 2 aromatic heterocycles. The molecule has 1 aliphatic rings. The van der Waals surface area contributed by atoms with Gasteiger partial charge in [0, 0.05) is 43.2 Å². The first kappa shape index (κ1) is 19.5. The topological polar surface area (TPSA) is 60.4 Å². The van der Waals surface area contributed by atoms with E-state index in [1.54, 1.807) is 14.2 Å². The van der Waals surface area contributed by atoms with Crippen LogP contribution in [0.1, 0.15) is 16.8 Å². The third-order valence-electron chi connectivity index (χ3n) is 5.82. The zero-order valence-electron chi connectivity index (χ0n) is 17.7. The van der Waals surface area contributed by atoms with Crippen LogP contribution in [0.2, 0.25) is 0 Å². The van der Waals surface area contributed by atoms with Gasteiger partial charge in [0.25, 0.3) is 0 Å². The van der Waals surface area contributed by atoms with Crippen LogP contribution in [0.3, 0.4) is 0 Å². The fourth-order valence-corrected chi connectivity index (χ4v) is 4.23. The van der Waals surface area contributed by atoms with Crippen LogP contribution in [-0.2, 0) is 19.5 Å². The van der Waals surface area contributed by atoms with Gasteiger partial charge >= 0.3 is 0 Å². The minimum atomic E-state index is 0.477. The van der Waals surface area contributed by atoms with E-state index in [0.29, 0.717) is 11.8 Å². The summed E-state index contributed by atoms with van der Waals surface area (Å²) < 4.78 is 10.8. The first-order valence-corrected chi connectivity index (χ1v) is 10.4. The number of rotatable bonds is 6. The zero-order valence-corrected chi connectivity index (χ0v) is 17.7. The van der Waals surface area contributed by atoms with Crippen molar-refractivity contribution >= 4 is 10.9 Å². The molecule has 31 heavy (non-hydrogen) atoms. The lowest BCUT2D eigenvalue weighted by atomic mass is 9.98. The number of hydrogen-bond acceptors (Lipinski definition) is 6. The zero-order chi connectivity index (χ0) is 21.2. The smallest absolute Gasteiger partial charge is 0.241 e. The highest BCUT2D eigenvalue weighted by Gasteiger charge is 2.24. The highest BCUT2D eigenvalue weighted by atomic mass is 16.5. The van der Waals surface area contributed by atoms with E-state index in [-0.39, 0.29) is 0 Å². The van der Waals surface area contributed by atoms with Crippen molar-refractivity contribution in [1.82, 2.24) is 20.1 Å². The van der Waals surface area contributed by atoms with E-state index in [9.17, 15) is 0 Å². The molecular formula is C25H24N4O2. The predicted molar refractivity (Wildman–Crippen MR) is 120 cm³/mol. The van der Waals surface area contributed by atoms with Gasteiger partial charge in [-0.3, -0.25) is 9.88 Å². The molecule has 5 rings (SSSR count). The summed E-state index contributed by atoms with van der Waals surface area (Å²) in [5.41, 5.74) is 6.85. The van der Waals surface area contributed by atoms with Crippen LogP contribution < -0.4 is 9.47 Å². The molecule has 0 atom stereocenters. The fourth-order valence-electron chi connectivity index (χ4n) is 4.23. The van der Waals surface area contributed by atoms with Crippen molar-refractivity contribution in [3.8, 4) is 22.9 Å². The molecule has 3 heterocycles. The van der Waals surface area contributed by atoms with Gasteiger partial charge in [0.1, 0.15) is 0 Å². The van der Waals surface area contributed by atoms with Crippen molar-refractivity contribution in [2.45, 2.75) is 19.5 Å². The number of fused-ring (bicyclic) bond motifs is 2. The molecule has 6 heteroatoms. The van der Waals surface area contributed by atoms with Gasteiger partial charge in [-0.15, -0.1) is 10.2 Å². The van der Waals surface area contributed by atoms with Gasteiger partial charge in [0.2, 0.25) is 11.8 Å². The molecule has 156 valence electrons. The Hall–Kier alpha value is -3.51. The maximum atomic E-state index is 5.48. The van der Waals surface area contributed by atoms with Crippen LogP contribution in [0.15, 0.2) is 60.7 Å². The number of ether oxygens (including phenoxy) is 2. The Bertz CT molecular complexity index is 1240. The van der Waals surface area contributed by atoms with Crippen LogP contribution in [0.25, 0.3) is 22.0 Å². The van der Waals surface area contributed by atoms with Crippen molar-refractivity contribution in [3.63, 3.8) is 0 Å². The normalized spacial score (nSPS) is 13.4. The summed E-state index contributed by atoms with van der Waals surface area (Å²) in [6.07, 6.45) is 0.919. The number of nitrogens with zero attached hydrogens (tertiary/aromatic N) is 4. The van der Waals surface area contributed by atoms with Gasteiger partial charge in [-0.25, -0.2) is 0 Å². The highest BCUT2D eigenvalue weighted by Crippen LogP contribution is 2.37. The number of para-hydroxylation sites is 1. The third kappa shape index (κ3) is 3.82. The molecule has 2 aromatic carbocycles. The monoisotopic (exact) mass is 412 g/mol. The van der Waals surface area contributed by atoms with E-state index in [2.05, 4.69) is 57.6 Å². The molecule has 0 bridgehead atoms. The quantitative estimate of drug-likeness (QED) is 0.471. The summed E-state index contributed by atoms with van der Waals surface area (Å²) in [6.45, 7) is 2.76. The molecule has 0 aliphatic carbocycles. The summed E-state index contributed by atoms with van der Waals surface area (Å²) in [4.78, 5) is 7.28. The summed E-state index contributed by atoms with van der Waals surface area (Å²) in [6, 6.07) is 20.8. The second-order valence-electron chi connectivity index (χ2n) is 7.71. The van der Waals surface area contributed by atoms with Crippen molar-refractivity contribution in [2.75, 3.05) is 20.8 Å². The Balaban J connectivity index is 1.36. The Morgan fingerprint density at radius 1 is 0.871 bits per heavy atom. The highest BCUT2D eigenvalue weighted by molar-refractivity contribution is 5.78. The van der Waals surface area contributed by atoms with E-state index in [4.69, 9.17) is 14.5 Å². The third-order valence-corrected chi connectivity index (χ3v) is 5.82. The lowest BCUT2D eigenvalue weighted by Crippen LogP contribution is -2.19. The minimum Gasteiger partial charge on any atom is -0.480 e. The molecule has 0 amide bonds. The van der Waals surface area contributed by atoms with Gasteiger partial charge in [-0.05, 0) is 28.8 Å². The summed E-state index contributed by atoms with van der Waals surface area (Å²) in [7, 11) is 3.21. The molecule has 0 saturated carbocycles. The first-order chi connectivity index (χ1) is 15.2. The molecule has 1 aliphatic heterocycles. The van der Waals surface area contributed by atoms with Crippen LogP contribution >= 0.6 is 0 Å². The van der Waals surface area contributed by atoms with Crippen molar-refractivity contribution < 1.29 is 9.47 Å². The molecule has 0 radical (unpaired) electrons. The standard InChI is InChI=1S/C25H24N4O2/c1-30-24-14-21(25(31-2)28-27-24)20-8-5-7-18-15-29(16-22(18)20)13-12-19-11-10-17-6-3-4-9-23(17)26-19/h3-11,14H,12-13,15-16H2,1-2H3. The molecular weight excluding hydrogens is 388 g/mol. The number of aromatic nitrogens is 3. The van der Waals surface area contributed by atoms with Gasteiger partial charge in [-0.2, -0.15) is 0 Å². The molecule has 0 N–H and O–H groups in total. The average Bonchev–Trinajstić information content (AvgIpc) is 3.25. The van der Waals surface area contributed by atoms with Gasteiger partial charge in [-0.1, -0.05) is 42.5 Å². The number of benzene rings is 2. The Kier molecular flexibility index (Phi) is 5.22. The molecule has 4 aromatic rings. The van der Waals surface area contributed by atoms with E-state index in [1.807, 2.05) is 18.2 Å². The SMILES string of the molecule is COc1cc(-c2cccc3c2CN(CCc2ccc4ccccc4n2)C3)c(OC)nn1. The maximum Gasteiger partial charge on any atom is 0.241 e. The molecule has 0 saturated heterocycles. The largest absolute Gasteiger partial charge is 0.480 e. The Morgan fingerprint density at radius 3 is 2.65 bits per heavy atom. The minimum absolute atomic E-state index is 0.477. The molecule has 0 unspecified atom stereocenters. The first-order valence-electron chi connectivity index (χ1n) is 10.4. The fraction of sp³-hybridized carbons (Fsp3) is 0.240. The van der Waals surface area contributed by atoms with Gasteiger partial charge < -0.3 is 9.47 Å². The summed E-state index contributed by atoms with van der Waals surface area (Å²) >= 11 is 0. The second kappa shape index (κ2) is 8.32. The summed E-state index contributed by atoms with van der Waals surface area (Å²) in [5.74, 6) is 0.985. The van der Waals surface area contributed by atoms with E-state index >= 15 is 0 Å². The summed E-state index contributed by atoms with van der Waals surface area (Å²) in [5, 5.41) is 9.38. The van der Waals surface area contributed by atoms with Crippen molar-refractivity contribution in [2.24, 2.45) is 0 Å². The Labute approximate surface area is 181 Å². The Morgan fingerprint density at radius 2 is 1.77 bits per heavy atom. The predicted octanol–water partition coefficient (Wildman–Crippen LogP) is 4.27. The molecule has 0 spiro atoms. The van der Waals surface area contributed by atoms with E-state index in [1.165, 1.54) is 16.5 Å². The van der Waals surface area contributed by atoms with Gasteiger partial charge in [0.05, 0.1) is 25.3 Å². The lowest BCUT2D eigenvalue weighted by Gasteiger charge is -2.15. The van der Waals surface area contributed by atoms with Crippen LogP contribution in [0, 0.1) is 0 Å². The van der Waals surface area contributed by atoms with E-state index in [0.717, 1.165) is 48.4 Å². The second-order valence-corrected chi connectivity index (χ2v) is 7.71. The number of methoxy groups -OCH3 is 2. The van der Waals surface area contributed by atoms with Gasteiger partial charge in [0.15, 0.2) is 0 Å². The average molecular weight is 412 g/mol. The molecule has 0 fully saturated rings. The lowest BCUT2D eigenvalue weighted by molar-refractivity contribution is 0.287. The number of pyridine rings is 1. The van der Waals surface area contributed by atoms with Crippen LogP contribution in [0.4, 0.5) is 0 Å². The maximum absolute atomic E-state index is 5.48. The molecule has 6 nitrogen and oxygen atoms in total. The van der Waals surface area contributed by atoms with Crippen LogP contribution in [0.5, 0.6) is 11.8 Å². The van der Waals surface area contributed by atoms with E-state index < -0.39 is 0 Å². The van der Waals surface area contributed by atoms with Crippen LogP contribution in [-0.4, -0.2) is 40.8 Å². The van der Waals surface area contributed by atoms with Crippen molar-refractivity contribution in [3.05, 3.63) is 77.5 Å². The number of hydrogen-bond donors (Lipinski definition) is 0. The van der Waals surface area contributed by atoms with Crippen molar-refractivity contribution in [1.29, 1.82) is 0 Å².